The lowest BCUT2D eigenvalue weighted by molar-refractivity contribution is 0.0685. The first-order valence-electron chi connectivity index (χ1n) is 7.40. The SMILES string of the molecule is COc1ccccc1-n1nc2c(c1C(=O)O)CC(C)(C)CC2. The second kappa shape index (κ2) is 5.16. The Bertz CT molecular complexity index is 732. The molecule has 0 amide bonds. The van der Waals surface area contributed by atoms with Crippen LogP contribution in [0.15, 0.2) is 24.3 Å². The Hall–Kier alpha value is -2.30. The van der Waals surface area contributed by atoms with E-state index in [1.165, 1.54) is 4.68 Å². The molecular weight excluding hydrogens is 280 g/mol. The van der Waals surface area contributed by atoms with Crippen LogP contribution in [0.4, 0.5) is 0 Å². The highest BCUT2D eigenvalue weighted by Gasteiger charge is 2.33. The Morgan fingerprint density at radius 2 is 2.09 bits per heavy atom. The van der Waals surface area contributed by atoms with Crippen molar-refractivity contribution in [2.24, 2.45) is 5.41 Å². The van der Waals surface area contributed by atoms with Crippen LogP contribution in [0, 0.1) is 5.41 Å². The molecule has 22 heavy (non-hydrogen) atoms. The zero-order valence-electron chi connectivity index (χ0n) is 13.1. The number of carbonyl (C=O) groups is 1. The van der Waals surface area contributed by atoms with Crippen molar-refractivity contribution in [1.82, 2.24) is 9.78 Å². The van der Waals surface area contributed by atoms with Gasteiger partial charge in [0.1, 0.15) is 11.4 Å². The predicted molar refractivity (Wildman–Crippen MR) is 82.9 cm³/mol. The number of carboxylic acid groups (broad SMARTS) is 1. The number of aromatic nitrogens is 2. The largest absolute Gasteiger partial charge is 0.494 e. The molecule has 2 aromatic rings. The van der Waals surface area contributed by atoms with E-state index in [0.29, 0.717) is 11.4 Å². The summed E-state index contributed by atoms with van der Waals surface area (Å²) in [6.07, 6.45) is 2.56. The van der Waals surface area contributed by atoms with Crippen molar-refractivity contribution < 1.29 is 14.6 Å². The number of aryl methyl sites for hydroxylation is 1. The average Bonchev–Trinajstić information content (AvgIpc) is 2.84. The van der Waals surface area contributed by atoms with Gasteiger partial charge in [0.2, 0.25) is 0 Å². The van der Waals surface area contributed by atoms with Crippen LogP contribution in [-0.2, 0) is 12.8 Å². The minimum absolute atomic E-state index is 0.103. The Morgan fingerprint density at radius 3 is 2.77 bits per heavy atom. The standard InChI is InChI=1S/C17H20N2O3/c1-17(2)9-8-12-11(10-17)15(16(20)21)19(18-12)13-6-4-5-7-14(13)22-3/h4-7H,8-10H2,1-3H3,(H,20,21). The molecule has 0 fully saturated rings. The number of nitrogens with zero attached hydrogens (tertiary/aromatic N) is 2. The van der Waals surface area contributed by atoms with E-state index in [2.05, 4.69) is 18.9 Å². The lowest BCUT2D eigenvalue weighted by Gasteiger charge is -2.28. The summed E-state index contributed by atoms with van der Waals surface area (Å²) in [7, 11) is 1.58. The molecule has 1 aromatic carbocycles. The molecule has 0 aliphatic heterocycles. The summed E-state index contributed by atoms with van der Waals surface area (Å²) in [5.74, 6) is -0.332. The van der Waals surface area contributed by atoms with E-state index >= 15 is 0 Å². The summed E-state index contributed by atoms with van der Waals surface area (Å²) in [6, 6.07) is 7.35. The molecule has 0 saturated heterocycles. The van der Waals surface area contributed by atoms with E-state index in [9.17, 15) is 9.90 Å². The summed E-state index contributed by atoms with van der Waals surface area (Å²) in [5, 5.41) is 14.3. The zero-order chi connectivity index (χ0) is 15.9. The molecule has 1 aliphatic rings. The number of carboxylic acids is 1. The molecule has 0 spiro atoms. The van der Waals surface area contributed by atoms with Crippen molar-refractivity contribution >= 4 is 5.97 Å². The number of benzene rings is 1. The fourth-order valence-electron chi connectivity index (χ4n) is 3.10. The summed E-state index contributed by atoms with van der Waals surface area (Å²) < 4.78 is 6.87. The van der Waals surface area contributed by atoms with Crippen LogP contribution in [0.3, 0.4) is 0 Å². The highest BCUT2D eigenvalue weighted by atomic mass is 16.5. The van der Waals surface area contributed by atoms with Crippen LogP contribution in [0.2, 0.25) is 0 Å². The first-order chi connectivity index (χ1) is 10.4. The van der Waals surface area contributed by atoms with Gasteiger partial charge >= 0.3 is 5.97 Å². The maximum Gasteiger partial charge on any atom is 0.354 e. The number of aromatic carboxylic acids is 1. The van der Waals surface area contributed by atoms with E-state index in [1.807, 2.05) is 24.3 Å². The fraction of sp³-hybridized carbons (Fsp3) is 0.412. The van der Waals surface area contributed by atoms with E-state index in [1.54, 1.807) is 7.11 Å². The quantitative estimate of drug-likeness (QED) is 0.946. The number of fused-ring (bicyclic) bond motifs is 1. The summed E-state index contributed by atoms with van der Waals surface area (Å²) in [4.78, 5) is 11.8. The van der Waals surface area contributed by atoms with Crippen molar-refractivity contribution in [2.75, 3.05) is 7.11 Å². The van der Waals surface area contributed by atoms with Crippen LogP contribution in [0.25, 0.3) is 5.69 Å². The second-order valence-electron chi connectivity index (χ2n) is 6.50. The Kier molecular flexibility index (Phi) is 3.43. The molecular formula is C17H20N2O3. The minimum atomic E-state index is -0.947. The van der Waals surface area contributed by atoms with Crippen LogP contribution in [0.5, 0.6) is 5.75 Å². The summed E-state index contributed by atoms with van der Waals surface area (Å²) >= 11 is 0. The molecule has 1 N–H and O–H groups in total. The van der Waals surface area contributed by atoms with E-state index in [-0.39, 0.29) is 11.1 Å². The van der Waals surface area contributed by atoms with Crippen molar-refractivity contribution in [3.05, 3.63) is 41.2 Å². The number of methoxy groups -OCH3 is 1. The highest BCUT2D eigenvalue weighted by molar-refractivity contribution is 5.89. The third-order valence-corrected chi connectivity index (χ3v) is 4.28. The average molecular weight is 300 g/mol. The molecule has 0 atom stereocenters. The lowest BCUT2D eigenvalue weighted by Crippen LogP contribution is -2.23. The molecule has 1 aliphatic carbocycles. The maximum atomic E-state index is 11.8. The third kappa shape index (κ3) is 2.36. The van der Waals surface area contributed by atoms with Crippen molar-refractivity contribution in [2.45, 2.75) is 33.1 Å². The van der Waals surface area contributed by atoms with Gasteiger partial charge in [-0.25, -0.2) is 9.48 Å². The highest BCUT2D eigenvalue weighted by Crippen LogP contribution is 2.37. The zero-order valence-corrected chi connectivity index (χ0v) is 13.1. The lowest BCUT2D eigenvalue weighted by atomic mass is 9.76. The van der Waals surface area contributed by atoms with Crippen LogP contribution in [-0.4, -0.2) is 28.0 Å². The normalized spacial score (nSPS) is 16.1. The fourth-order valence-corrected chi connectivity index (χ4v) is 3.10. The Labute approximate surface area is 129 Å². The molecule has 5 nitrogen and oxygen atoms in total. The van der Waals surface area contributed by atoms with Gasteiger partial charge in [0.15, 0.2) is 5.69 Å². The van der Waals surface area contributed by atoms with Crippen molar-refractivity contribution in [3.8, 4) is 11.4 Å². The van der Waals surface area contributed by atoms with Gasteiger partial charge in [0, 0.05) is 5.56 Å². The number of hydrogen-bond donors (Lipinski definition) is 1. The third-order valence-electron chi connectivity index (χ3n) is 4.28. The molecule has 5 heteroatoms. The number of rotatable bonds is 3. The van der Waals surface area contributed by atoms with Gasteiger partial charge in [0.05, 0.1) is 12.8 Å². The van der Waals surface area contributed by atoms with Gasteiger partial charge in [-0.15, -0.1) is 0 Å². The molecule has 1 heterocycles. The Morgan fingerprint density at radius 1 is 1.36 bits per heavy atom. The number of hydrogen-bond acceptors (Lipinski definition) is 3. The molecule has 0 unspecified atom stereocenters. The molecule has 3 rings (SSSR count). The van der Waals surface area contributed by atoms with E-state index < -0.39 is 5.97 Å². The van der Waals surface area contributed by atoms with Gasteiger partial charge in [0.25, 0.3) is 0 Å². The van der Waals surface area contributed by atoms with Gasteiger partial charge in [-0.3, -0.25) is 0 Å². The second-order valence-corrected chi connectivity index (χ2v) is 6.50. The molecule has 0 radical (unpaired) electrons. The van der Waals surface area contributed by atoms with Crippen LogP contribution in [0.1, 0.15) is 42.0 Å². The van der Waals surface area contributed by atoms with E-state index in [4.69, 9.17) is 4.74 Å². The monoisotopic (exact) mass is 300 g/mol. The maximum absolute atomic E-state index is 11.8. The van der Waals surface area contributed by atoms with Gasteiger partial charge in [-0.1, -0.05) is 26.0 Å². The van der Waals surface area contributed by atoms with Gasteiger partial charge in [-0.2, -0.15) is 5.10 Å². The van der Waals surface area contributed by atoms with Crippen LogP contribution < -0.4 is 4.74 Å². The predicted octanol–water partition coefficient (Wildman–Crippen LogP) is 3.09. The number of para-hydroxylation sites is 2. The summed E-state index contributed by atoms with van der Waals surface area (Å²) in [6.45, 7) is 4.34. The minimum Gasteiger partial charge on any atom is -0.494 e. The Balaban J connectivity index is 2.21. The first-order valence-corrected chi connectivity index (χ1v) is 7.40. The molecule has 116 valence electrons. The van der Waals surface area contributed by atoms with Crippen molar-refractivity contribution in [1.29, 1.82) is 0 Å². The van der Waals surface area contributed by atoms with Crippen molar-refractivity contribution in [3.63, 3.8) is 0 Å². The summed E-state index contributed by atoms with van der Waals surface area (Å²) in [5.41, 5.74) is 2.77. The molecule has 0 saturated carbocycles. The number of ether oxygens (including phenoxy) is 1. The van der Waals surface area contributed by atoms with Gasteiger partial charge in [-0.05, 0) is 36.8 Å². The van der Waals surface area contributed by atoms with Crippen LogP contribution >= 0.6 is 0 Å². The topological polar surface area (TPSA) is 64.4 Å². The smallest absolute Gasteiger partial charge is 0.354 e. The first kappa shape index (κ1) is 14.6. The molecule has 0 bridgehead atoms. The van der Waals surface area contributed by atoms with E-state index in [0.717, 1.165) is 30.5 Å². The van der Waals surface area contributed by atoms with Gasteiger partial charge < -0.3 is 9.84 Å². The molecule has 1 aromatic heterocycles.